The quantitative estimate of drug-likeness (QED) is 0.0195. The highest BCUT2D eigenvalue weighted by molar-refractivity contribution is 5.70. The van der Waals surface area contributed by atoms with E-state index < -0.39 is 24.3 Å². The molecule has 0 aromatic rings. The van der Waals surface area contributed by atoms with Gasteiger partial charge in [0.1, 0.15) is 13.2 Å². The minimum Gasteiger partial charge on any atom is -0.545 e. The molecule has 9 nitrogen and oxygen atoms in total. The lowest BCUT2D eigenvalue weighted by Crippen LogP contribution is -2.44. The number of hydrogen-bond acceptors (Lipinski definition) is 8. The van der Waals surface area contributed by atoms with Gasteiger partial charge in [0.2, 0.25) is 0 Å². The van der Waals surface area contributed by atoms with Crippen molar-refractivity contribution in [2.45, 2.75) is 444 Å². The highest BCUT2D eigenvalue weighted by Crippen LogP contribution is 2.20. The third kappa shape index (κ3) is 73.4. The van der Waals surface area contributed by atoms with Crippen LogP contribution < -0.4 is 5.11 Å². The zero-order valence-electron chi connectivity index (χ0n) is 61.3. The monoisotopic (exact) mass is 1270 g/mol. The predicted molar refractivity (Wildman–Crippen MR) is 385 cm³/mol. The molecule has 0 saturated heterocycles. The Morgan fingerprint density at radius 1 is 0.322 bits per heavy atom. The second kappa shape index (κ2) is 72.9. The third-order valence-electron chi connectivity index (χ3n) is 18.8. The maximum absolute atomic E-state index is 12.9. The van der Waals surface area contributed by atoms with Crippen molar-refractivity contribution >= 4 is 17.9 Å². The number of hydrogen-bond donors (Lipinski definition) is 0. The molecule has 0 saturated carbocycles. The van der Waals surface area contributed by atoms with Crippen LogP contribution >= 0.6 is 0 Å². The number of carbonyl (C=O) groups is 3. The van der Waals surface area contributed by atoms with E-state index in [1.54, 1.807) is 0 Å². The Morgan fingerprint density at radius 3 is 0.822 bits per heavy atom. The van der Waals surface area contributed by atoms with E-state index in [9.17, 15) is 19.5 Å². The van der Waals surface area contributed by atoms with Gasteiger partial charge >= 0.3 is 11.9 Å². The molecule has 2 unspecified atom stereocenters. The number of ether oxygens (including phenoxy) is 4. The number of likely N-dealkylation sites (N-methyl/N-ethyl adjacent to an activating group) is 1. The summed E-state index contributed by atoms with van der Waals surface area (Å²) < 4.78 is 22.9. The van der Waals surface area contributed by atoms with Crippen molar-refractivity contribution in [2.75, 3.05) is 47.5 Å². The topological polar surface area (TPSA) is 111 Å². The van der Waals surface area contributed by atoms with Crippen molar-refractivity contribution in [3.63, 3.8) is 0 Å². The molecule has 2 atom stereocenters. The van der Waals surface area contributed by atoms with E-state index in [-0.39, 0.29) is 32.2 Å². The number of quaternary nitrogens is 1. The van der Waals surface area contributed by atoms with Crippen LogP contribution in [0, 0.1) is 0 Å². The summed E-state index contributed by atoms with van der Waals surface area (Å²) in [5.74, 6) is -2.25. The average molecular weight is 1270 g/mol. The van der Waals surface area contributed by atoms with E-state index in [1.807, 2.05) is 21.1 Å². The summed E-state index contributed by atoms with van der Waals surface area (Å²) in [4.78, 5) is 37.6. The Labute approximate surface area is 561 Å². The van der Waals surface area contributed by atoms with Crippen molar-refractivity contribution in [2.24, 2.45) is 0 Å². The lowest BCUT2D eigenvalue weighted by atomic mass is 10.0. The third-order valence-corrected chi connectivity index (χ3v) is 18.8. The highest BCUT2D eigenvalue weighted by Gasteiger charge is 2.22. The molecule has 9 heteroatoms. The van der Waals surface area contributed by atoms with Crippen LogP contribution in [0.2, 0.25) is 0 Å². The molecule has 0 amide bonds. The van der Waals surface area contributed by atoms with Crippen molar-refractivity contribution < 1.29 is 42.9 Å². The van der Waals surface area contributed by atoms with Crippen molar-refractivity contribution in [3.8, 4) is 0 Å². The number of carbonyl (C=O) groups excluding carboxylic acids is 3. The molecule has 0 aromatic heterocycles. The fraction of sp³-hybridized carbons (Fsp3) is 0.938. The number of carboxylic acid groups (broad SMARTS) is 1. The zero-order valence-corrected chi connectivity index (χ0v) is 61.3. The minimum atomic E-state index is -1.62. The van der Waals surface area contributed by atoms with Gasteiger partial charge in [0, 0.05) is 12.8 Å². The van der Waals surface area contributed by atoms with Crippen LogP contribution in [-0.2, 0) is 33.3 Å². The molecular formula is C81H157NO8. The molecule has 0 aliphatic carbocycles. The van der Waals surface area contributed by atoms with E-state index in [0.717, 1.165) is 38.5 Å². The molecule has 0 radical (unpaired) electrons. The number of aliphatic carboxylic acids is 1. The summed E-state index contributed by atoms with van der Waals surface area (Å²) in [6.45, 7) is 4.84. The second-order valence-electron chi connectivity index (χ2n) is 29.1. The molecule has 534 valence electrons. The number of nitrogens with zero attached hydrogens (tertiary/aromatic N) is 1. The van der Waals surface area contributed by atoms with Crippen molar-refractivity contribution in [1.29, 1.82) is 0 Å². The van der Waals surface area contributed by atoms with Crippen LogP contribution in [0.15, 0.2) is 12.2 Å². The minimum absolute atomic E-state index is 0.152. The lowest BCUT2D eigenvalue weighted by Gasteiger charge is -2.26. The summed E-state index contributed by atoms with van der Waals surface area (Å²) in [5, 5.41) is 11.8. The number of unbranched alkanes of at least 4 members (excludes halogenated alkanes) is 60. The Hall–Kier alpha value is -1.97. The van der Waals surface area contributed by atoms with Gasteiger partial charge in [0.15, 0.2) is 12.4 Å². The molecule has 0 aliphatic heterocycles. The van der Waals surface area contributed by atoms with E-state index >= 15 is 0 Å². The van der Waals surface area contributed by atoms with Crippen molar-refractivity contribution in [1.82, 2.24) is 0 Å². The molecule has 90 heavy (non-hydrogen) atoms. The van der Waals surface area contributed by atoms with Crippen molar-refractivity contribution in [3.05, 3.63) is 12.2 Å². The summed E-state index contributed by atoms with van der Waals surface area (Å²) >= 11 is 0. The van der Waals surface area contributed by atoms with Crippen LogP contribution in [0.3, 0.4) is 0 Å². The van der Waals surface area contributed by atoms with Crippen LogP contribution in [0.25, 0.3) is 0 Å². The summed E-state index contributed by atoms with van der Waals surface area (Å²) in [5.41, 5.74) is 0. The van der Waals surface area contributed by atoms with Crippen LogP contribution in [-0.4, -0.2) is 82.3 Å². The maximum atomic E-state index is 12.9. The first-order chi connectivity index (χ1) is 44.1. The molecule has 0 rings (SSSR count). The first-order valence-electron chi connectivity index (χ1n) is 40.3. The van der Waals surface area contributed by atoms with Gasteiger partial charge in [-0.15, -0.1) is 0 Å². The summed E-state index contributed by atoms with van der Waals surface area (Å²) in [6.07, 6.45) is 87.8. The highest BCUT2D eigenvalue weighted by atomic mass is 16.7. The molecule has 0 spiro atoms. The van der Waals surface area contributed by atoms with Crippen LogP contribution in [0.5, 0.6) is 0 Å². The summed E-state index contributed by atoms with van der Waals surface area (Å²) in [6, 6.07) is 0. The Kier molecular flexibility index (Phi) is 71.3. The molecule has 0 heterocycles. The second-order valence-corrected chi connectivity index (χ2v) is 29.1. The van der Waals surface area contributed by atoms with E-state index in [2.05, 4.69) is 26.0 Å². The lowest BCUT2D eigenvalue weighted by molar-refractivity contribution is -0.870. The van der Waals surface area contributed by atoms with E-state index in [4.69, 9.17) is 18.9 Å². The zero-order chi connectivity index (χ0) is 65.4. The van der Waals surface area contributed by atoms with Gasteiger partial charge in [0.25, 0.3) is 0 Å². The molecule has 0 bridgehead atoms. The smallest absolute Gasteiger partial charge is 0.306 e. The fourth-order valence-corrected chi connectivity index (χ4v) is 12.6. The Balaban J connectivity index is 3.90. The standard InChI is InChI=1S/C81H157NO8/c1-6-8-10-12-14-16-18-20-22-24-26-28-30-32-33-34-35-36-37-38-39-40-41-42-43-44-45-46-48-49-51-53-55-57-59-61-63-65-67-69-71-78(83)88-75-77(76-89-81(80(85)86)87-74-73-82(3,4)5)90-79(84)72-70-68-66-64-62-60-58-56-54-52-50-47-31-29-27-25-23-21-19-17-15-13-11-9-7-2/h25,27,77,81H,6-24,26,28-76H2,1-5H3/b27-25-. The Morgan fingerprint density at radius 2 is 0.567 bits per heavy atom. The average Bonchev–Trinajstić information content (AvgIpc) is 3.73. The van der Waals surface area contributed by atoms with Gasteiger partial charge in [-0.1, -0.05) is 392 Å². The normalized spacial score (nSPS) is 12.6. The van der Waals surface area contributed by atoms with E-state index in [1.165, 1.54) is 366 Å². The van der Waals surface area contributed by atoms with Crippen LogP contribution in [0.4, 0.5) is 0 Å². The number of rotatable bonds is 77. The van der Waals surface area contributed by atoms with Crippen LogP contribution in [0.1, 0.15) is 431 Å². The number of allylic oxidation sites excluding steroid dienone is 2. The first-order valence-corrected chi connectivity index (χ1v) is 40.3. The van der Waals surface area contributed by atoms with Gasteiger partial charge in [-0.2, -0.15) is 0 Å². The van der Waals surface area contributed by atoms with E-state index in [0.29, 0.717) is 17.4 Å². The Bertz CT molecular complexity index is 1480. The van der Waals surface area contributed by atoms with Gasteiger partial charge in [0.05, 0.1) is 40.3 Å². The predicted octanol–water partition coefficient (Wildman–Crippen LogP) is 24.2. The molecule has 0 aromatic carbocycles. The fourth-order valence-electron chi connectivity index (χ4n) is 12.6. The SMILES string of the molecule is CCCCCCCCCC/C=C\CCCCCCCCCCCCCCCC(=O)OC(COC(=O)CCCCCCCCCCCCCCCCCCCCCCCCCCCCCCCCCCCCCCCCCC)COC(OCC[N+](C)(C)C)C(=O)[O-]. The molecule has 0 aliphatic rings. The first kappa shape index (κ1) is 88.0. The largest absolute Gasteiger partial charge is 0.545 e. The maximum Gasteiger partial charge on any atom is 0.306 e. The van der Waals surface area contributed by atoms with Gasteiger partial charge < -0.3 is 33.3 Å². The molecule has 0 fully saturated rings. The van der Waals surface area contributed by atoms with Gasteiger partial charge in [-0.3, -0.25) is 9.59 Å². The number of carboxylic acids is 1. The molecular weight excluding hydrogens is 1110 g/mol. The summed E-state index contributed by atoms with van der Waals surface area (Å²) in [7, 11) is 5.95. The van der Waals surface area contributed by atoms with Gasteiger partial charge in [-0.25, -0.2) is 0 Å². The van der Waals surface area contributed by atoms with Gasteiger partial charge in [-0.05, 0) is 38.5 Å². The number of esters is 2. The molecule has 0 N–H and O–H groups in total.